The molecule has 1 amide bonds. The number of amides is 1. The standard InChI is InChI=1S/C21H21NO4/c1-3-14-9-10-19-17(11-14)15(13-26-19)12-20(23)22-18-8-6-5-7-16(18)21(24)25-4-2/h5-11,13H,3-4,12H2,1-2H3,(H,22,23). The molecule has 3 rings (SSSR count). The molecule has 0 aliphatic heterocycles. The number of furan rings is 1. The monoisotopic (exact) mass is 351 g/mol. The van der Waals surface area contributed by atoms with Crippen LogP contribution in [-0.2, 0) is 22.4 Å². The third-order valence-corrected chi connectivity index (χ3v) is 4.17. The van der Waals surface area contributed by atoms with Crippen molar-refractivity contribution < 1.29 is 18.7 Å². The van der Waals surface area contributed by atoms with Gasteiger partial charge in [0, 0.05) is 10.9 Å². The molecule has 0 atom stereocenters. The molecule has 26 heavy (non-hydrogen) atoms. The number of hydrogen-bond donors (Lipinski definition) is 1. The van der Waals surface area contributed by atoms with Crippen LogP contribution < -0.4 is 5.32 Å². The summed E-state index contributed by atoms with van der Waals surface area (Å²) >= 11 is 0. The summed E-state index contributed by atoms with van der Waals surface area (Å²) in [6.45, 7) is 4.11. The first-order valence-corrected chi connectivity index (χ1v) is 8.67. The lowest BCUT2D eigenvalue weighted by molar-refractivity contribution is -0.115. The molecule has 0 saturated heterocycles. The average Bonchev–Trinajstić information content (AvgIpc) is 3.04. The highest BCUT2D eigenvalue weighted by atomic mass is 16.5. The first kappa shape index (κ1) is 17.7. The smallest absolute Gasteiger partial charge is 0.340 e. The topological polar surface area (TPSA) is 68.5 Å². The van der Waals surface area contributed by atoms with Crippen LogP contribution in [0.15, 0.2) is 53.1 Å². The van der Waals surface area contributed by atoms with Crippen molar-refractivity contribution in [2.75, 3.05) is 11.9 Å². The van der Waals surface area contributed by atoms with E-state index in [0.29, 0.717) is 11.3 Å². The summed E-state index contributed by atoms with van der Waals surface area (Å²) in [5.41, 5.74) is 3.55. The van der Waals surface area contributed by atoms with Gasteiger partial charge in [-0.05, 0) is 43.2 Å². The van der Waals surface area contributed by atoms with Crippen molar-refractivity contribution in [2.24, 2.45) is 0 Å². The molecule has 5 nitrogen and oxygen atoms in total. The summed E-state index contributed by atoms with van der Waals surface area (Å²) < 4.78 is 10.6. The van der Waals surface area contributed by atoms with Crippen molar-refractivity contribution in [3.05, 3.63) is 65.4 Å². The van der Waals surface area contributed by atoms with E-state index in [1.807, 2.05) is 18.2 Å². The van der Waals surface area contributed by atoms with Gasteiger partial charge in [-0.1, -0.05) is 25.1 Å². The van der Waals surface area contributed by atoms with E-state index in [9.17, 15) is 9.59 Å². The fraction of sp³-hybridized carbons (Fsp3) is 0.238. The number of nitrogens with one attached hydrogen (secondary N) is 1. The third kappa shape index (κ3) is 3.77. The van der Waals surface area contributed by atoms with Crippen LogP contribution in [0.1, 0.15) is 35.3 Å². The number of fused-ring (bicyclic) bond motifs is 1. The summed E-state index contributed by atoms with van der Waals surface area (Å²) in [5, 5.41) is 3.74. The Balaban J connectivity index is 1.79. The molecule has 0 unspecified atom stereocenters. The summed E-state index contributed by atoms with van der Waals surface area (Å²) in [6, 6.07) is 12.8. The van der Waals surface area contributed by atoms with Gasteiger partial charge in [0.25, 0.3) is 0 Å². The van der Waals surface area contributed by atoms with Crippen molar-refractivity contribution in [1.82, 2.24) is 0 Å². The molecule has 2 aromatic carbocycles. The minimum atomic E-state index is -0.454. The van der Waals surface area contributed by atoms with Crippen molar-refractivity contribution in [2.45, 2.75) is 26.7 Å². The number of rotatable bonds is 6. The first-order chi connectivity index (χ1) is 12.6. The predicted octanol–water partition coefficient (Wildman–Crippen LogP) is 4.35. The summed E-state index contributed by atoms with van der Waals surface area (Å²) in [4.78, 5) is 24.5. The van der Waals surface area contributed by atoms with Gasteiger partial charge in [0.15, 0.2) is 0 Å². The van der Waals surface area contributed by atoms with Crippen molar-refractivity contribution in [1.29, 1.82) is 0 Å². The Bertz CT molecular complexity index is 942. The van der Waals surface area contributed by atoms with Crippen LogP contribution in [0.2, 0.25) is 0 Å². The zero-order chi connectivity index (χ0) is 18.5. The summed E-state index contributed by atoms with van der Waals surface area (Å²) in [5.74, 6) is -0.670. The maximum Gasteiger partial charge on any atom is 0.340 e. The van der Waals surface area contributed by atoms with Crippen LogP contribution >= 0.6 is 0 Å². The second-order valence-corrected chi connectivity index (χ2v) is 5.94. The Morgan fingerprint density at radius 3 is 2.69 bits per heavy atom. The molecule has 0 spiro atoms. The molecule has 134 valence electrons. The number of carbonyl (C=O) groups is 2. The molecule has 0 radical (unpaired) electrons. The highest BCUT2D eigenvalue weighted by molar-refractivity contribution is 6.02. The lowest BCUT2D eigenvalue weighted by Crippen LogP contribution is -2.17. The number of para-hydroxylation sites is 1. The fourth-order valence-electron chi connectivity index (χ4n) is 2.83. The van der Waals surface area contributed by atoms with Gasteiger partial charge >= 0.3 is 5.97 Å². The molecule has 1 N–H and O–H groups in total. The van der Waals surface area contributed by atoms with E-state index in [4.69, 9.17) is 9.15 Å². The number of benzene rings is 2. The Hall–Kier alpha value is -3.08. The largest absolute Gasteiger partial charge is 0.464 e. The molecule has 5 heteroatoms. The molecular formula is C21H21NO4. The number of carbonyl (C=O) groups excluding carboxylic acids is 2. The number of esters is 1. The van der Waals surface area contributed by atoms with E-state index in [-0.39, 0.29) is 18.9 Å². The lowest BCUT2D eigenvalue weighted by Gasteiger charge is -2.10. The van der Waals surface area contributed by atoms with Crippen LogP contribution in [0.3, 0.4) is 0 Å². The minimum Gasteiger partial charge on any atom is -0.464 e. The van der Waals surface area contributed by atoms with E-state index < -0.39 is 5.97 Å². The zero-order valence-corrected chi connectivity index (χ0v) is 14.9. The van der Waals surface area contributed by atoms with Crippen LogP contribution in [0.5, 0.6) is 0 Å². The number of aryl methyl sites for hydroxylation is 1. The highest BCUT2D eigenvalue weighted by Crippen LogP contribution is 2.24. The van der Waals surface area contributed by atoms with Gasteiger partial charge in [-0.2, -0.15) is 0 Å². The second-order valence-electron chi connectivity index (χ2n) is 5.94. The van der Waals surface area contributed by atoms with Crippen LogP contribution in [0.4, 0.5) is 5.69 Å². The normalized spacial score (nSPS) is 10.7. The molecule has 1 aromatic heterocycles. The molecule has 0 fully saturated rings. The molecule has 0 bridgehead atoms. The van der Waals surface area contributed by atoms with E-state index >= 15 is 0 Å². The third-order valence-electron chi connectivity index (χ3n) is 4.17. The molecule has 0 aliphatic rings. The van der Waals surface area contributed by atoms with E-state index in [1.54, 1.807) is 37.5 Å². The second kappa shape index (κ2) is 7.87. The quantitative estimate of drug-likeness (QED) is 0.670. The first-order valence-electron chi connectivity index (χ1n) is 8.67. The summed E-state index contributed by atoms with van der Waals surface area (Å²) in [7, 11) is 0. The van der Waals surface area contributed by atoms with Gasteiger partial charge in [-0.25, -0.2) is 4.79 Å². The van der Waals surface area contributed by atoms with Gasteiger partial charge in [0.1, 0.15) is 5.58 Å². The molecule has 3 aromatic rings. The van der Waals surface area contributed by atoms with Gasteiger partial charge in [0.05, 0.1) is 30.5 Å². The Labute approximate surface area is 152 Å². The molecule has 0 saturated carbocycles. The zero-order valence-electron chi connectivity index (χ0n) is 14.9. The van der Waals surface area contributed by atoms with Crippen LogP contribution in [-0.4, -0.2) is 18.5 Å². The summed E-state index contributed by atoms with van der Waals surface area (Å²) in [6.07, 6.45) is 2.69. The van der Waals surface area contributed by atoms with Gasteiger partial charge in [0.2, 0.25) is 5.91 Å². The van der Waals surface area contributed by atoms with Crippen molar-refractivity contribution in [3.63, 3.8) is 0 Å². The number of anilines is 1. The highest BCUT2D eigenvalue weighted by Gasteiger charge is 2.16. The van der Waals surface area contributed by atoms with Crippen molar-refractivity contribution in [3.8, 4) is 0 Å². The van der Waals surface area contributed by atoms with E-state index in [2.05, 4.69) is 12.2 Å². The molecule has 0 aliphatic carbocycles. The predicted molar refractivity (Wildman–Crippen MR) is 100 cm³/mol. The Kier molecular flexibility index (Phi) is 5.37. The molecular weight excluding hydrogens is 330 g/mol. The van der Waals surface area contributed by atoms with Gasteiger partial charge in [-0.3, -0.25) is 4.79 Å². The maximum absolute atomic E-state index is 12.5. The van der Waals surface area contributed by atoms with Gasteiger partial charge in [-0.15, -0.1) is 0 Å². The lowest BCUT2D eigenvalue weighted by atomic mass is 10.1. The van der Waals surface area contributed by atoms with Crippen LogP contribution in [0, 0.1) is 0 Å². The SMILES string of the molecule is CCOC(=O)c1ccccc1NC(=O)Cc1coc2ccc(CC)cc12. The van der Waals surface area contributed by atoms with E-state index in [1.165, 1.54) is 5.56 Å². The van der Waals surface area contributed by atoms with E-state index in [0.717, 1.165) is 23.0 Å². The van der Waals surface area contributed by atoms with Crippen molar-refractivity contribution >= 4 is 28.5 Å². The van der Waals surface area contributed by atoms with Crippen LogP contribution in [0.25, 0.3) is 11.0 Å². The Morgan fingerprint density at radius 1 is 1.12 bits per heavy atom. The average molecular weight is 351 g/mol. The van der Waals surface area contributed by atoms with Gasteiger partial charge < -0.3 is 14.5 Å². The number of hydrogen-bond acceptors (Lipinski definition) is 4. The fourth-order valence-corrected chi connectivity index (χ4v) is 2.83. The minimum absolute atomic E-state index is 0.164. The molecule has 1 heterocycles. The maximum atomic E-state index is 12.5. The number of ether oxygens (including phenoxy) is 1. The Morgan fingerprint density at radius 2 is 1.92 bits per heavy atom.